The molecule has 1 aromatic rings. The molecule has 0 aliphatic carbocycles. The molecule has 4 heteroatoms. The van der Waals surface area contributed by atoms with Gasteiger partial charge in [0, 0.05) is 26.8 Å². The van der Waals surface area contributed by atoms with E-state index in [4.69, 9.17) is 10.5 Å². The number of hydrogen-bond acceptors (Lipinski definition) is 3. The van der Waals surface area contributed by atoms with Gasteiger partial charge in [-0.15, -0.1) is 0 Å². The number of carbonyl (C=O) groups excluding carboxylic acids is 1. The molecule has 0 unspecified atom stereocenters. The highest BCUT2D eigenvalue weighted by atomic mass is 16.5. The number of nitrogens with two attached hydrogens (primary N) is 1. The second kappa shape index (κ2) is 8.02. The molecule has 20 heavy (non-hydrogen) atoms. The van der Waals surface area contributed by atoms with Crippen molar-refractivity contribution in [1.82, 2.24) is 5.32 Å². The van der Waals surface area contributed by atoms with Gasteiger partial charge >= 0.3 is 0 Å². The lowest BCUT2D eigenvalue weighted by Gasteiger charge is -2.24. The third-order valence-corrected chi connectivity index (χ3v) is 3.44. The summed E-state index contributed by atoms with van der Waals surface area (Å²) in [5.74, 6) is 0.0383. The van der Waals surface area contributed by atoms with Gasteiger partial charge in [-0.1, -0.05) is 38.1 Å². The second-order valence-corrected chi connectivity index (χ2v) is 5.83. The van der Waals surface area contributed by atoms with E-state index in [-0.39, 0.29) is 11.3 Å². The zero-order chi connectivity index (χ0) is 15.0. The molecule has 4 nitrogen and oxygen atoms in total. The summed E-state index contributed by atoms with van der Waals surface area (Å²) in [4.78, 5) is 12.0. The summed E-state index contributed by atoms with van der Waals surface area (Å²) in [7, 11) is 1.69. The van der Waals surface area contributed by atoms with Crippen LogP contribution in [0.4, 0.5) is 0 Å². The molecule has 0 spiro atoms. The van der Waals surface area contributed by atoms with Crippen molar-refractivity contribution in [3.05, 3.63) is 35.4 Å². The fraction of sp³-hybridized carbons (Fsp3) is 0.562. The highest BCUT2D eigenvalue weighted by Gasteiger charge is 2.18. The Bertz CT molecular complexity index is 430. The first-order chi connectivity index (χ1) is 9.48. The summed E-state index contributed by atoms with van der Waals surface area (Å²) < 4.78 is 5.08. The molecule has 0 aliphatic rings. The predicted octanol–water partition coefficient (Wildman–Crippen LogP) is 1.87. The Morgan fingerprint density at radius 2 is 1.95 bits per heavy atom. The van der Waals surface area contributed by atoms with Gasteiger partial charge in [-0.2, -0.15) is 0 Å². The van der Waals surface area contributed by atoms with Crippen LogP contribution in [0.3, 0.4) is 0 Å². The van der Waals surface area contributed by atoms with Crippen LogP contribution in [0.5, 0.6) is 0 Å². The number of carbonyl (C=O) groups is 1. The molecule has 0 radical (unpaired) electrons. The van der Waals surface area contributed by atoms with Crippen LogP contribution in [-0.4, -0.2) is 26.2 Å². The Balaban J connectivity index is 2.47. The standard InChI is InChI=1S/C16H26N2O2/c1-16(2,8-9-20-3)12-18-15(19)10-13-6-4-5-7-14(13)11-17/h4-7H,8-12,17H2,1-3H3,(H,18,19). The molecule has 1 rings (SSSR count). The predicted molar refractivity (Wildman–Crippen MR) is 81.3 cm³/mol. The molecule has 0 bridgehead atoms. The maximum Gasteiger partial charge on any atom is 0.224 e. The lowest BCUT2D eigenvalue weighted by atomic mass is 9.89. The van der Waals surface area contributed by atoms with Crippen molar-refractivity contribution in [2.75, 3.05) is 20.3 Å². The number of methoxy groups -OCH3 is 1. The first-order valence-electron chi connectivity index (χ1n) is 7.01. The van der Waals surface area contributed by atoms with E-state index in [9.17, 15) is 4.79 Å². The molecule has 0 saturated heterocycles. The first kappa shape index (κ1) is 16.7. The van der Waals surface area contributed by atoms with Gasteiger partial charge in [0.1, 0.15) is 0 Å². The molecule has 0 atom stereocenters. The molecular weight excluding hydrogens is 252 g/mol. The highest BCUT2D eigenvalue weighted by molar-refractivity contribution is 5.78. The fourth-order valence-corrected chi connectivity index (χ4v) is 1.97. The average Bonchev–Trinajstić information content (AvgIpc) is 2.44. The van der Waals surface area contributed by atoms with Gasteiger partial charge in [-0.05, 0) is 23.0 Å². The number of nitrogens with one attached hydrogen (secondary N) is 1. The smallest absolute Gasteiger partial charge is 0.224 e. The molecule has 0 aliphatic heterocycles. The van der Waals surface area contributed by atoms with Gasteiger partial charge < -0.3 is 15.8 Å². The zero-order valence-corrected chi connectivity index (χ0v) is 12.7. The van der Waals surface area contributed by atoms with Crippen LogP contribution >= 0.6 is 0 Å². The lowest BCUT2D eigenvalue weighted by Crippen LogP contribution is -2.35. The van der Waals surface area contributed by atoms with E-state index in [1.807, 2.05) is 24.3 Å². The van der Waals surface area contributed by atoms with Crippen LogP contribution in [0, 0.1) is 5.41 Å². The van der Waals surface area contributed by atoms with Crippen LogP contribution in [0.15, 0.2) is 24.3 Å². The van der Waals surface area contributed by atoms with E-state index in [0.717, 1.165) is 17.5 Å². The van der Waals surface area contributed by atoms with E-state index in [1.54, 1.807) is 7.11 Å². The lowest BCUT2D eigenvalue weighted by molar-refractivity contribution is -0.120. The highest BCUT2D eigenvalue weighted by Crippen LogP contribution is 2.18. The molecule has 1 amide bonds. The number of hydrogen-bond donors (Lipinski definition) is 2. The third-order valence-electron chi connectivity index (χ3n) is 3.44. The first-order valence-corrected chi connectivity index (χ1v) is 7.01. The van der Waals surface area contributed by atoms with Crippen molar-refractivity contribution in [2.45, 2.75) is 33.2 Å². The summed E-state index contributed by atoms with van der Waals surface area (Å²) in [6, 6.07) is 7.80. The van der Waals surface area contributed by atoms with Crippen molar-refractivity contribution in [1.29, 1.82) is 0 Å². The van der Waals surface area contributed by atoms with Gasteiger partial charge in [-0.3, -0.25) is 4.79 Å². The minimum Gasteiger partial charge on any atom is -0.385 e. The molecule has 0 heterocycles. The monoisotopic (exact) mass is 278 g/mol. The summed E-state index contributed by atoms with van der Waals surface area (Å²) >= 11 is 0. The van der Waals surface area contributed by atoms with Crippen molar-refractivity contribution in [2.24, 2.45) is 11.1 Å². The van der Waals surface area contributed by atoms with E-state index in [0.29, 0.717) is 26.1 Å². The maximum atomic E-state index is 12.0. The maximum absolute atomic E-state index is 12.0. The number of benzene rings is 1. The number of rotatable bonds is 8. The van der Waals surface area contributed by atoms with Crippen molar-refractivity contribution >= 4 is 5.91 Å². The Kier molecular flexibility index (Phi) is 6.68. The molecule has 112 valence electrons. The quantitative estimate of drug-likeness (QED) is 0.763. The number of amides is 1. The molecule has 0 saturated carbocycles. The fourth-order valence-electron chi connectivity index (χ4n) is 1.97. The van der Waals surface area contributed by atoms with Gasteiger partial charge in [-0.25, -0.2) is 0 Å². The minimum atomic E-state index is 0.0383. The van der Waals surface area contributed by atoms with Crippen LogP contribution in [0.1, 0.15) is 31.4 Å². The van der Waals surface area contributed by atoms with Crippen LogP contribution in [0.25, 0.3) is 0 Å². The van der Waals surface area contributed by atoms with Gasteiger partial charge in [0.05, 0.1) is 6.42 Å². The molecular formula is C16H26N2O2. The van der Waals surface area contributed by atoms with Crippen LogP contribution in [-0.2, 0) is 22.5 Å². The van der Waals surface area contributed by atoms with E-state index in [2.05, 4.69) is 19.2 Å². The average molecular weight is 278 g/mol. The topological polar surface area (TPSA) is 64.3 Å². The third kappa shape index (κ3) is 5.72. The van der Waals surface area contributed by atoms with Crippen molar-refractivity contribution in [3.8, 4) is 0 Å². The number of ether oxygens (including phenoxy) is 1. The van der Waals surface area contributed by atoms with E-state index >= 15 is 0 Å². The molecule has 3 N–H and O–H groups in total. The van der Waals surface area contributed by atoms with Crippen molar-refractivity contribution in [3.63, 3.8) is 0 Å². The second-order valence-electron chi connectivity index (χ2n) is 5.83. The van der Waals surface area contributed by atoms with E-state index in [1.165, 1.54) is 0 Å². The normalized spacial score (nSPS) is 11.4. The Morgan fingerprint density at radius 1 is 1.30 bits per heavy atom. The molecule has 1 aromatic carbocycles. The largest absolute Gasteiger partial charge is 0.385 e. The Hall–Kier alpha value is -1.39. The summed E-state index contributed by atoms with van der Waals surface area (Å²) in [5.41, 5.74) is 7.75. The van der Waals surface area contributed by atoms with Gasteiger partial charge in [0.2, 0.25) is 5.91 Å². The SMILES string of the molecule is COCCC(C)(C)CNC(=O)Cc1ccccc1CN. The van der Waals surface area contributed by atoms with Gasteiger partial charge in [0.15, 0.2) is 0 Å². The van der Waals surface area contributed by atoms with Crippen LogP contribution < -0.4 is 11.1 Å². The molecule has 0 aromatic heterocycles. The van der Waals surface area contributed by atoms with E-state index < -0.39 is 0 Å². The van der Waals surface area contributed by atoms with Gasteiger partial charge in [0.25, 0.3) is 0 Å². The van der Waals surface area contributed by atoms with Crippen LogP contribution in [0.2, 0.25) is 0 Å². The summed E-state index contributed by atoms with van der Waals surface area (Å²) in [6.07, 6.45) is 1.30. The minimum absolute atomic E-state index is 0.0383. The Labute approximate surface area is 121 Å². The summed E-state index contributed by atoms with van der Waals surface area (Å²) in [6.45, 7) is 6.07. The molecule has 0 fully saturated rings. The zero-order valence-electron chi connectivity index (χ0n) is 12.7. The summed E-state index contributed by atoms with van der Waals surface area (Å²) in [5, 5.41) is 3.00. The Morgan fingerprint density at radius 3 is 2.55 bits per heavy atom. The van der Waals surface area contributed by atoms with Crippen molar-refractivity contribution < 1.29 is 9.53 Å².